The van der Waals surface area contributed by atoms with Crippen LogP contribution < -0.4 is 5.73 Å². The van der Waals surface area contributed by atoms with Crippen molar-refractivity contribution in [2.24, 2.45) is 0 Å². The third-order valence-corrected chi connectivity index (χ3v) is 2.77. The molecular weight excluding hydrogens is 276 g/mol. The lowest BCUT2D eigenvalue weighted by molar-refractivity contribution is -0.136. The molecule has 0 unspecified atom stereocenters. The molecule has 1 aromatic carbocycles. The van der Waals surface area contributed by atoms with E-state index in [-0.39, 0.29) is 17.8 Å². The number of aromatic nitrogens is 2. The van der Waals surface area contributed by atoms with E-state index in [1.54, 1.807) is 30.3 Å². The van der Waals surface area contributed by atoms with Crippen molar-refractivity contribution in [2.75, 3.05) is 5.73 Å². The Labute approximate surface area is 118 Å². The van der Waals surface area contributed by atoms with Gasteiger partial charge < -0.3 is 15.9 Å². The number of carboxylic acids is 2. The van der Waals surface area contributed by atoms with E-state index in [0.717, 1.165) is 4.68 Å². The molecule has 1 aromatic heterocycles. The number of carbonyl (C=O) groups is 2. The van der Waals surface area contributed by atoms with E-state index in [9.17, 15) is 9.59 Å². The molecule has 0 fully saturated rings. The van der Waals surface area contributed by atoms with Gasteiger partial charge in [-0.25, -0.2) is 9.48 Å². The molecular formula is C13H10N4O4. The summed E-state index contributed by atoms with van der Waals surface area (Å²) in [4.78, 5) is 21.6. The average molecular weight is 286 g/mol. The van der Waals surface area contributed by atoms with Crippen molar-refractivity contribution in [3.8, 4) is 11.8 Å². The van der Waals surface area contributed by atoms with Gasteiger partial charge in [-0.15, -0.1) is 0 Å². The van der Waals surface area contributed by atoms with Crippen LogP contribution in [0.25, 0.3) is 5.69 Å². The molecule has 0 atom stereocenters. The molecule has 0 saturated heterocycles. The predicted octanol–water partition coefficient (Wildman–Crippen LogP) is 0.651. The molecule has 0 bridgehead atoms. The molecule has 8 heteroatoms. The lowest BCUT2D eigenvalue weighted by Crippen LogP contribution is -2.04. The van der Waals surface area contributed by atoms with E-state index in [0.29, 0.717) is 11.3 Å². The number of nitrogens with zero attached hydrogens (tertiary/aromatic N) is 3. The first-order chi connectivity index (χ1) is 9.93. The summed E-state index contributed by atoms with van der Waals surface area (Å²) < 4.78 is 1.13. The minimum atomic E-state index is -1.35. The lowest BCUT2D eigenvalue weighted by Gasteiger charge is -2.04. The summed E-state index contributed by atoms with van der Waals surface area (Å²) in [7, 11) is 0. The van der Waals surface area contributed by atoms with Crippen molar-refractivity contribution < 1.29 is 19.8 Å². The standard InChI is InChI=1S/C13H10N4O4/c14-6-9-11(13(20)21)16-17(12(9)15)8-3-1-7(2-4-8)5-10(18)19/h1-4H,5,15H2,(H,18,19)(H,20,21). The fourth-order valence-electron chi connectivity index (χ4n) is 1.82. The number of rotatable bonds is 4. The molecule has 106 valence electrons. The van der Waals surface area contributed by atoms with Crippen molar-refractivity contribution in [1.82, 2.24) is 9.78 Å². The summed E-state index contributed by atoms with van der Waals surface area (Å²) in [6.07, 6.45) is -0.126. The van der Waals surface area contributed by atoms with Gasteiger partial charge in [-0.05, 0) is 17.7 Å². The Kier molecular flexibility index (Phi) is 3.58. The molecule has 2 aromatic rings. The molecule has 0 spiro atoms. The van der Waals surface area contributed by atoms with Crippen LogP contribution in [0.3, 0.4) is 0 Å². The number of hydrogen-bond donors (Lipinski definition) is 3. The van der Waals surface area contributed by atoms with Crippen molar-refractivity contribution in [2.45, 2.75) is 6.42 Å². The number of anilines is 1. The minimum Gasteiger partial charge on any atom is -0.481 e. The highest BCUT2D eigenvalue weighted by Crippen LogP contribution is 2.21. The summed E-state index contributed by atoms with van der Waals surface area (Å²) in [6.45, 7) is 0. The van der Waals surface area contributed by atoms with E-state index in [1.807, 2.05) is 0 Å². The van der Waals surface area contributed by atoms with Gasteiger partial charge in [-0.3, -0.25) is 4.79 Å². The highest BCUT2D eigenvalue weighted by molar-refractivity contribution is 5.90. The predicted molar refractivity (Wildman–Crippen MR) is 71.0 cm³/mol. The molecule has 0 aliphatic rings. The van der Waals surface area contributed by atoms with Gasteiger partial charge >= 0.3 is 11.9 Å². The van der Waals surface area contributed by atoms with Crippen LogP contribution in [0.5, 0.6) is 0 Å². The number of aromatic carboxylic acids is 1. The van der Waals surface area contributed by atoms with Gasteiger partial charge in [0.05, 0.1) is 12.1 Å². The Morgan fingerprint density at radius 3 is 2.33 bits per heavy atom. The number of carboxylic acid groups (broad SMARTS) is 2. The van der Waals surface area contributed by atoms with Gasteiger partial charge in [-0.1, -0.05) is 12.1 Å². The highest BCUT2D eigenvalue weighted by Gasteiger charge is 2.21. The highest BCUT2D eigenvalue weighted by atomic mass is 16.4. The van der Waals surface area contributed by atoms with E-state index in [2.05, 4.69) is 5.10 Å². The molecule has 4 N–H and O–H groups in total. The average Bonchev–Trinajstić information content (AvgIpc) is 2.76. The molecule has 8 nitrogen and oxygen atoms in total. The summed E-state index contributed by atoms with van der Waals surface area (Å²) in [5, 5.41) is 30.4. The monoisotopic (exact) mass is 286 g/mol. The Morgan fingerprint density at radius 2 is 1.90 bits per heavy atom. The molecule has 0 aliphatic carbocycles. The van der Waals surface area contributed by atoms with Gasteiger partial charge in [0.1, 0.15) is 17.5 Å². The second-order valence-electron chi connectivity index (χ2n) is 4.17. The van der Waals surface area contributed by atoms with Crippen LogP contribution in [0, 0.1) is 11.3 Å². The molecule has 1 heterocycles. The Hall–Kier alpha value is -3.34. The fourth-order valence-corrected chi connectivity index (χ4v) is 1.82. The Bertz CT molecular complexity index is 756. The number of benzene rings is 1. The van der Waals surface area contributed by atoms with Crippen LogP contribution >= 0.6 is 0 Å². The molecule has 0 amide bonds. The number of nitrogen functional groups attached to an aromatic ring is 1. The molecule has 0 aliphatic heterocycles. The van der Waals surface area contributed by atoms with Crippen LogP contribution in [0.4, 0.5) is 5.82 Å². The maximum Gasteiger partial charge on any atom is 0.357 e. The fraction of sp³-hybridized carbons (Fsp3) is 0.0769. The van der Waals surface area contributed by atoms with E-state index in [4.69, 9.17) is 21.2 Å². The maximum atomic E-state index is 11.0. The molecule has 2 rings (SSSR count). The summed E-state index contributed by atoms with van der Waals surface area (Å²) >= 11 is 0. The molecule has 21 heavy (non-hydrogen) atoms. The normalized spacial score (nSPS) is 10.0. The SMILES string of the molecule is N#Cc1c(C(=O)O)nn(-c2ccc(CC(=O)O)cc2)c1N. The van der Waals surface area contributed by atoms with Crippen LogP contribution in [-0.2, 0) is 11.2 Å². The smallest absolute Gasteiger partial charge is 0.357 e. The first-order valence-electron chi connectivity index (χ1n) is 5.77. The zero-order valence-corrected chi connectivity index (χ0v) is 10.6. The maximum absolute atomic E-state index is 11.0. The Balaban J connectivity index is 2.45. The van der Waals surface area contributed by atoms with Gasteiger partial charge in [0.15, 0.2) is 5.69 Å². The van der Waals surface area contributed by atoms with Gasteiger partial charge in [0.25, 0.3) is 0 Å². The molecule has 0 saturated carbocycles. The summed E-state index contributed by atoms with van der Waals surface area (Å²) in [5.41, 5.74) is 6.10. The topological polar surface area (TPSA) is 142 Å². The largest absolute Gasteiger partial charge is 0.481 e. The third kappa shape index (κ3) is 2.66. The van der Waals surface area contributed by atoms with E-state index < -0.39 is 17.6 Å². The minimum absolute atomic E-state index is 0.0825. The second-order valence-corrected chi connectivity index (χ2v) is 4.17. The third-order valence-electron chi connectivity index (χ3n) is 2.77. The van der Waals surface area contributed by atoms with E-state index >= 15 is 0 Å². The van der Waals surface area contributed by atoms with Crippen LogP contribution in [0.2, 0.25) is 0 Å². The molecule has 0 radical (unpaired) electrons. The number of hydrogen-bond acceptors (Lipinski definition) is 5. The number of aliphatic carboxylic acids is 1. The van der Waals surface area contributed by atoms with Crippen molar-refractivity contribution in [3.05, 3.63) is 41.1 Å². The number of nitrogens with two attached hydrogens (primary N) is 1. The van der Waals surface area contributed by atoms with E-state index in [1.165, 1.54) is 0 Å². The summed E-state index contributed by atoms with van der Waals surface area (Å²) in [5.74, 6) is -2.39. The van der Waals surface area contributed by atoms with Crippen LogP contribution in [-0.4, -0.2) is 31.9 Å². The van der Waals surface area contributed by atoms with Gasteiger partial charge in [0, 0.05) is 0 Å². The first-order valence-corrected chi connectivity index (χ1v) is 5.77. The van der Waals surface area contributed by atoms with Crippen molar-refractivity contribution in [1.29, 1.82) is 5.26 Å². The zero-order chi connectivity index (χ0) is 15.6. The lowest BCUT2D eigenvalue weighted by atomic mass is 10.1. The van der Waals surface area contributed by atoms with Crippen LogP contribution in [0.15, 0.2) is 24.3 Å². The quantitative estimate of drug-likeness (QED) is 0.748. The van der Waals surface area contributed by atoms with Gasteiger partial charge in [0.2, 0.25) is 0 Å². The zero-order valence-electron chi connectivity index (χ0n) is 10.6. The van der Waals surface area contributed by atoms with Crippen LogP contribution in [0.1, 0.15) is 21.6 Å². The number of nitriles is 1. The van der Waals surface area contributed by atoms with Crippen molar-refractivity contribution in [3.63, 3.8) is 0 Å². The van der Waals surface area contributed by atoms with Gasteiger partial charge in [-0.2, -0.15) is 10.4 Å². The summed E-state index contributed by atoms with van der Waals surface area (Å²) in [6, 6.07) is 7.94. The first kappa shape index (κ1) is 14.1. The Morgan fingerprint density at radius 1 is 1.29 bits per heavy atom. The second kappa shape index (κ2) is 5.34. The van der Waals surface area contributed by atoms with Crippen molar-refractivity contribution >= 4 is 17.8 Å².